The molecule has 4 atom stereocenters. The second-order valence-corrected chi connectivity index (χ2v) is 10.8. The number of nitrogens with zero attached hydrogens (tertiary/aromatic N) is 2. The van der Waals surface area contributed by atoms with E-state index in [2.05, 4.69) is 29.9 Å². The SMILES string of the molecule is C=C(/C=C\N(CCCC)C1CCCCC1)[C@@H](C)NC(=O)[C@H](O)[C@@H](O)ON(CCC)C(C)c1cccc(Cl)c1. The van der Waals surface area contributed by atoms with Gasteiger partial charge in [0.25, 0.3) is 5.91 Å². The highest BCUT2D eigenvalue weighted by Gasteiger charge is 2.30. The molecule has 1 fully saturated rings. The van der Waals surface area contributed by atoms with Crippen LogP contribution in [-0.4, -0.2) is 63.7 Å². The van der Waals surface area contributed by atoms with Crippen molar-refractivity contribution < 1.29 is 19.8 Å². The van der Waals surface area contributed by atoms with Crippen LogP contribution in [-0.2, 0) is 9.63 Å². The number of hydrogen-bond donors (Lipinski definition) is 3. The zero-order valence-corrected chi connectivity index (χ0v) is 24.4. The molecule has 7 nitrogen and oxygen atoms in total. The molecule has 1 amide bonds. The standard InChI is InChI=1S/C30H48ClN3O4/c1-6-8-19-33(27-15-10-9-11-16-27)20-17-22(3)23(4)32-29(36)28(35)30(37)38-34(18-7-2)24(5)25-13-12-14-26(31)21-25/h12-14,17,20-21,23-24,27-28,30,35,37H,3,6-11,15-16,18-19H2,1-2,4-5H3,(H,32,36)/b20-17-/t23-,24?,28+,30+/m1/s1. The van der Waals surface area contributed by atoms with Gasteiger partial charge in [-0.05, 0) is 75.1 Å². The molecule has 1 saturated carbocycles. The van der Waals surface area contributed by atoms with Crippen LogP contribution in [0.2, 0.25) is 5.02 Å². The first-order valence-electron chi connectivity index (χ1n) is 14.2. The quantitative estimate of drug-likeness (QED) is 0.139. The Kier molecular flexibility index (Phi) is 14.4. The van der Waals surface area contributed by atoms with Crippen LogP contribution in [0.3, 0.4) is 0 Å². The van der Waals surface area contributed by atoms with Crippen molar-refractivity contribution in [1.82, 2.24) is 15.3 Å². The second-order valence-electron chi connectivity index (χ2n) is 10.3. The maximum absolute atomic E-state index is 12.7. The summed E-state index contributed by atoms with van der Waals surface area (Å²) < 4.78 is 0. The van der Waals surface area contributed by atoms with Gasteiger partial charge in [0.15, 0.2) is 6.10 Å². The van der Waals surface area contributed by atoms with Crippen molar-refractivity contribution in [3.8, 4) is 0 Å². The van der Waals surface area contributed by atoms with Gasteiger partial charge in [0.1, 0.15) is 0 Å². The molecular formula is C30H48ClN3O4. The molecule has 214 valence electrons. The third kappa shape index (κ3) is 10.3. The first kappa shape index (κ1) is 32.3. The van der Waals surface area contributed by atoms with E-state index in [0.717, 1.165) is 36.9 Å². The van der Waals surface area contributed by atoms with Gasteiger partial charge in [-0.3, -0.25) is 9.63 Å². The number of rotatable bonds is 16. The topological polar surface area (TPSA) is 85.3 Å². The molecule has 1 unspecified atom stereocenters. The fourth-order valence-corrected chi connectivity index (χ4v) is 4.87. The van der Waals surface area contributed by atoms with Crippen molar-refractivity contribution >= 4 is 17.5 Å². The lowest BCUT2D eigenvalue weighted by atomic mass is 9.94. The molecule has 1 aliphatic rings. The Hall–Kier alpha value is -1.90. The molecule has 8 heteroatoms. The third-order valence-electron chi connectivity index (χ3n) is 7.20. The molecule has 1 aliphatic carbocycles. The molecule has 2 rings (SSSR count). The van der Waals surface area contributed by atoms with Gasteiger partial charge < -0.3 is 20.4 Å². The van der Waals surface area contributed by atoms with E-state index in [9.17, 15) is 15.0 Å². The van der Waals surface area contributed by atoms with E-state index in [1.54, 1.807) is 11.1 Å². The number of carbonyl (C=O) groups is 1. The number of aliphatic hydroxyl groups is 2. The fraction of sp³-hybridized carbons (Fsp3) is 0.633. The first-order valence-corrected chi connectivity index (χ1v) is 14.5. The number of amides is 1. The van der Waals surface area contributed by atoms with Crippen LogP contribution < -0.4 is 5.32 Å². The first-order chi connectivity index (χ1) is 18.2. The van der Waals surface area contributed by atoms with Gasteiger partial charge in [-0.25, -0.2) is 0 Å². The zero-order chi connectivity index (χ0) is 28.1. The van der Waals surface area contributed by atoms with E-state index < -0.39 is 24.3 Å². The number of benzene rings is 1. The molecule has 0 spiro atoms. The second kappa shape index (κ2) is 16.9. The molecule has 0 heterocycles. The summed E-state index contributed by atoms with van der Waals surface area (Å²) in [5, 5.41) is 26.0. The lowest BCUT2D eigenvalue weighted by Gasteiger charge is -2.34. The summed E-state index contributed by atoms with van der Waals surface area (Å²) in [5.74, 6) is -0.721. The minimum atomic E-state index is -1.76. The molecule has 0 saturated heterocycles. The Morgan fingerprint density at radius 3 is 2.53 bits per heavy atom. The largest absolute Gasteiger partial charge is 0.378 e. The van der Waals surface area contributed by atoms with Gasteiger partial charge in [0, 0.05) is 24.2 Å². The molecule has 38 heavy (non-hydrogen) atoms. The van der Waals surface area contributed by atoms with E-state index in [1.807, 2.05) is 45.0 Å². The van der Waals surface area contributed by atoms with Gasteiger partial charge in [-0.1, -0.05) is 69.8 Å². The molecule has 3 N–H and O–H groups in total. The number of aliphatic hydroxyl groups excluding tert-OH is 2. The summed E-state index contributed by atoms with van der Waals surface area (Å²) in [4.78, 5) is 20.8. The maximum Gasteiger partial charge on any atom is 0.254 e. The smallest absolute Gasteiger partial charge is 0.254 e. The van der Waals surface area contributed by atoms with E-state index in [0.29, 0.717) is 17.6 Å². The Morgan fingerprint density at radius 2 is 1.89 bits per heavy atom. The van der Waals surface area contributed by atoms with Crippen molar-refractivity contribution in [2.45, 2.75) is 110 Å². The number of hydroxylamine groups is 2. The Morgan fingerprint density at radius 1 is 1.18 bits per heavy atom. The number of halogens is 1. The van der Waals surface area contributed by atoms with Gasteiger partial charge in [0.05, 0.1) is 12.1 Å². The van der Waals surface area contributed by atoms with Gasteiger partial charge in [0.2, 0.25) is 6.29 Å². The summed E-state index contributed by atoms with van der Waals surface area (Å²) in [6, 6.07) is 7.26. The summed E-state index contributed by atoms with van der Waals surface area (Å²) in [6.45, 7) is 13.5. The van der Waals surface area contributed by atoms with Crippen LogP contribution in [0.25, 0.3) is 0 Å². The minimum absolute atomic E-state index is 0.248. The van der Waals surface area contributed by atoms with Crippen LogP contribution in [0.1, 0.15) is 90.7 Å². The molecule has 0 radical (unpaired) electrons. The van der Waals surface area contributed by atoms with Crippen molar-refractivity contribution in [3.63, 3.8) is 0 Å². The highest BCUT2D eigenvalue weighted by molar-refractivity contribution is 6.30. The maximum atomic E-state index is 12.7. The third-order valence-corrected chi connectivity index (χ3v) is 7.43. The number of unbranched alkanes of at least 4 members (excludes halogenated alkanes) is 1. The van der Waals surface area contributed by atoms with Crippen LogP contribution >= 0.6 is 11.6 Å². The Bertz CT molecular complexity index is 890. The zero-order valence-electron chi connectivity index (χ0n) is 23.6. The van der Waals surface area contributed by atoms with E-state index in [1.165, 1.54) is 32.1 Å². The molecule has 0 aromatic heterocycles. The van der Waals surface area contributed by atoms with E-state index in [-0.39, 0.29) is 6.04 Å². The molecule has 0 aliphatic heterocycles. The van der Waals surface area contributed by atoms with Gasteiger partial charge in [-0.2, -0.15) is 5.06 Å². The highest BCUT2D eigenvalue weighted by atomic mass is 35.5. The van der Waals surface area contributed by atoms with E-state index in [4.69, 9.17) is 16.4 Å². The molecular weight excluding hydrogens is 502 g/mol. The van der Waals surface area contributed by atoms with Crippen LogP contribution in [0.5, 0.6) is 0 Å². The van der Waals surface area contributed by atoms with Crippen molar-refractivity contribution in [2.75, 3.05) is 13.1 Å². The average molecular weight is 550 g/mol. The summed E-state index contributed by atoms with van der Waals surface area (Å²) in [7, 11) is 0. The monoisotopic (exact) mass is 549 g/mol. The molecule has 1 aromatic rings. The summed E-state index contributed by atoms with van der Waals surface area (Å²) in [5.41, 5.74) is 1.62. The highest BCUT2D eigenvalue weighted by Crippen LogP contribution is 2.25. The number of carbonyl (C=O) groups excluding carboxylic acids is 1. The normalized spacial score (nSPS) is 17.8. The van der Waals surface area contributed by atoms with Gasteiger partial charge in [-0.15, -0.1) is 0 Å². The fourth-order valence-electron chi connectivity index (χ4n) is 4.68. The van der Waals surface area contributed by atoms with Crippen molar-refractivity contribution in [1.29, 1.82) is 0 Å². The van der Waals surface area contributed by atoms with Crippen LogP contribution in [0.15, 0.2) is 48.7 Å². The molecule has 0 bridgehead atoms. The lowest BCUT2D eigenvalue weighted by Crippen LogP contribution is -2.48. The Balaban J connectivity index is 1.94. The predicted octanol–water partition coefficient (Wildman–Crippen LogP) is 5.73. The number of nitrogens with one attached hydrogen (secondary N) is 1. The predicted molar refractivity (Wildman–Crippen MR) is 154 cm³/mol. The minimum Gasteiger partial charge on any atom is -0.378 e. The van der Waals surface area contributed by atoms with Gasteiger partial charge >= 0.3 is 0 Å². The Labute approximate surface area is 234 Å². The lowest BCUT2D eigenvalue weighted by molar-refractivity contribution is -0.300. The van der Waals surface area contributed by atoms with Crippen LogP contribution in [0.4, 0.5) is 0 Å². The van der Waals surface area contributed by atoms with Crippen molar-refractivity contribution in [2.24, 2.45) is 0 Å². The van der Waals surface area contributed by atoms with Crippen molar-refractivity contribution in [3.05, 3.63) is 59.3 Å². The molecule has 1 aromatic carbocycles. The average Bonchev–Trinajstić information content (AvgIpc) is 2.92. The van der Waals surface area contributed by atoms with E-state index >= 15 is 0 Å². The van der Waals surface area contributed by atoms with Crippen LogP contribution in [0, 0.1) is 0 Å². The number of hydrogen-bond acceptors (Lipinski definition) is 6. The summed E-state index contributed by atoms with van der Waals surface area (Å²) >= 11 is 6.13. The summed E-state index contributed by atoms with van der Waals surface area (Å²) in [6.07, 6.45) is 9.85.